The third kappa shape index (κ3) is 3.26. The summed E-state index contributed by atoms with van der Waals surface area (Å²) in [5.74, 6) is -0.537. The van der Waals surface area contributed by atoms with Gasteiger partial charge in [-0.25, -0.2) is 8.78 Å². The van der Waals surface area contributed by atoms with Gasteiger partial charge in [-0.05, 0) is 35.8 Å². The summed E-state index contributed by atoms with van der Waals surface area (Å²) in [6.45, 7) is 4.90. The molecule has 0 aliphatic carbocycles. The van der Waals surface area contributed by atoms with Gasteiger partial charge in [0.1, 0.15) is 5.82 Å². The van der Waals surface area contributed by atoms with Crippen molar-refractivity contribution in [2.24, 2.45) is 5.92 Å². The van der Waals surface area contributed by atoms with Crippen molar-refractivity contribution in [3.05, 3.63) is 46.0 Å². The number of nitrogens with zero attached hydrogens (tertiary/aromatic N) is 2. The van der Waals surface area contributed by atoms with Gasteiger partial charge in [0.05, 0.1) is 0 Å². The van der Waals surface area contributed by atoms with Gasteiger partial charge < -0.3 is 4.57 Å². The van der Waals surface area contributed by atoms with Crippen molar-refractivity contribution < 1.29 is 8.78 Å². The number of rotatable bonds is 4. The van der Waals surface area contributed by atoms with Crippen LogP contribution in [0.3, 0.4) is 0 Å². The smallest absolute Gasteiger partial charge is 0.195 e. The lowest BCUT2D eigenvalue weighted by molar-refractivity contribution is 0.501. The van der Waals surface area contributed by atoms with Crippen LogP contribution in [0.4, 0.5) is 8.78 Å². The van der Waals surface area contributed by atoms with E-state index in [0.717, 1.165) is 18.4 Å². The molecule has 2 rings (SSSR count). The maximum atomic E-state index is 13.2. The predicted molar refractivity (Wildman–Crippen MR) is 71.4 cm³/mol. The monoisotopic (exact) mass is 283 g/mol. The third-order valence-electron chi connectivity index (χ3n) is 2.73. The summed E-state index contributed by atoms with van der Waals surface area (Å²) in [6.07, 6.45) is 0.414. The van der Waals surface area contributed by atoms with Crippen molar-refractivity contribution in [1.29, 1.82) is 0 Å². The molecule has 0 unspecified atom stereocenters. The molecule has 0 radical (unpaired) electrons. The molecular weight excluding hydrogens is 268 g/mol. The van der Waals surface area contributed by atoms with Gasteiger partial charge in [0.2, 0.25) is 0 Å². The Labute approximate surface area is 115 Å². The van der Waals surface area contributed by atoms with Crippen LogP contribution in [0.25, 0.3) is 0 Å². The largest absolute Gasteiger partial charge is 0.304 e. The Balaban J connectivity index is 2.28. The van der Waals surface area contributed by atoms with Gasteiger partial charge in [-0.15, -0.1) is 0 Å². The molecule has 1 N–H and O–H groups in total. The van der Waals surface area contributed by atoms with Gasteiger partial charge in [0.15, 0.2) is 16.4 Å². The SMILES string of the molecule is CC(C)Cn1c(Cc2ccc(F)c(F)c2)n[nH]c1=S. The zero-order valence-electron chi connectivity index (χ0n) is 10.8. The fourth-order valence-corrected chi connectivity index (χ4v) is 2.10. The third-order valence-corrected chi connectivity index (χ3v) is 3.04. The van der Waals surface area contributed by atoms with E-state index in [1.54, 1.807) is 6.07 Å². The standard InChI is InChI=1S/C13H15F2N3S/c1-8(2)7-18-12(16-17-13(18)19)6-9-3-4-10(14)11(15)5-9/h3-5,8H,6-7H2,1-2H3,(H,17,19). The van der Waals surface area contributed by atoms with E-state index in [1.165, 1.54) is 6.07 Å². The summed E-state index contributed by atoms with van der Waals surface area (Å²) in [7, 11) is 0. The number of aromatic amines is 1. The van der Waals surface area contributed by atoms with Gasteiger partial charge in [0.25, 0.3) is 0 Å². The Hall–Kier alpha value is -1.56. The lowest BCUT2D eigenvalue weighted by Crippen LogP contribution is -2.09. The Morgan fingerprint density at radius 3 is 2.68 bits per heavy atom. The quantitative estimate of drug-likeness (QED) is 0.872. The first-order valence-electron chi connectivity index (χ1n) is 6.05. The summed E-state index contributed by atoms with van der Waals surface area (Å²) >= 11 is 5.16. The average molecular weight is 283 g/mol. The van der Waals surface area contributed by atoms with Crippen LogP contribution in [0.1, 0.15) is 25.2 Å². The molecule has 2 aromatic rings. The lowest BCUT2D eigenvalue weighted by atomic mass is 10.1. The normalized spacial score (nSPS) is 11.2. The van der Waals surface area contributed by atoms with Crippen molar-refractivity contribution in [3.63, 3.8) is 0 Å². The summed E-state index contributed by atoms with van der Waals surface area (Å²) in [5, 5.41) is 6.88. The number of benzene rings is 1. The molecular formula is C13H15F2N3S. The first kappa shape index (κ1) is 13.9. The topological polar surface area (TPSA) is 33.6 Å². The van der Waals surface area contributed by atoms with Gasteiger partial charge >= 0.3 is 0 Å². The molecule has 0 saturated carbocycles. The molecule has 0 aliphatic rings. The Kier molecular flexibility index (Phi) is 4.09. The molecule has 0 bridgehead atoms. The molecule has 0 spiro atoms. The van der Waals surface area contributed by atoms with Crippen LogP contribution in [0.5, 0.6) is 0 Å². The maximum Gasteiger partial charge on any atom is 0.195 e. The number of hydrogen-bond acceptors (Lipinski definition) is 2. The molecule has 19 heavy (non-hydrogen) atoms. The molecule has 0 atom stereocenters. The van der Waals surface area contributed by atoms with Gasteiger partial charge in [-0.2, -0.15) is 5.10 Å². The zero-order valence-corrected chi connectivity index (χ0v) is 11.6. The molecule has 102 valence electrons. The number of aromatic nitrogens is 3. The van der Waals surface area contributed by atoms with E-state index in [0.29, 0.717) is 22.7 Å². The van der Waals surface area contributed by atoms with E-state index in [1.807, 2.05) is 4.57 Å². The van der Waals surface area contributed by atoms with Crippen LogP contribution >= 0.6 is 12.2 Å². The second kappa shape index (κ2) is 5.61. The van der Waals surface area contributed by atoms with Crippen LogP contribution in [0.15, 0.2) is 18.2 Å². The molecule has 1 aromatic carbocycles. The van der Waals surface area contributed by atoms with Crippen LogP contribution < -0.4 is 0 Å². The average Bonchev–Trinajstić information content (AvgIpc) is 2.66. The summed E-state index contributed by atoms with van der Waals surface area (Å²) in [5.41, 5.74) is 0.665. The minimum atomic E-state index is -0.845. The Bertz CT molecular complexity index is 631. The van der Waals surface area contributed by atoms with E-state index in [4.69, 9.17) is 12.2 Å². The number of halogens is 2. The van der Waals surface area contributed by atoms with E-state index in [-0.39, 0.29) is 0 Å². The molecule has 0 aliphatic heterocycles. The minimum Gasteiger partial charge on any atom is -0.304 e. The van der Waals surface area contributed by atoms with Crippen molar-refractivity contribution in [2.45, 2.75) is 26.8 Å². The first-order chi connectivity index (χ1) is 8.97. The zero-order chi connectivity index (χ0) is 14.0. The highest BCUT2D eigenvalue weighted by molar-refractivity contribution is 7.71. The molecule has 0 amide bonds. The summed E-state index contributed by atoms with van der Waals surface area (Å²) in [6, 6.07) is 3.86. The molecule has 6 heteroatoms. The van der Waals surface area contributed by atoms with Crippen LogP contribution in [-0.2, 0) is 13.0 Å². The molecule has 0 fully saturated rings. The first-order valence-corrected chi connectivity index (χ1v) is 6.46. The number of H-pyrrole nitrogens is 1. The highest BCUT2D eigenvalue weighted by atomic mass is 32.1. The molecule has 1 aromatic heterocycles. The van der Waals surface area contributed by atoms with Crippen molar-refractivity contribution >= 4 is 12.2 Å². The van der Waals surface area contributed by atoms with Crippen LogP contribution in [0.2, 0.25) is 0 Å². The fraction of sp³-hybridized carbons (Fsp3) is 0.385. The number of nitrogens with one attached hydrogen (secondary N) is 1. The van der Waals surface area contributed by atoms with Gasteiger partial charge in [-0.1, -0.05) is 19.9 Å². The molecule has 1 heterocycles. The fourth-order valence-electron chi connectivity index (χ4n) is 1.87. The Morgan fingerprint density at radius 1 is 1.32 bits per heavy atom. The van der Waals surface area contributed by atoms with E-state index >= 15 is 0 Å². The van der Waals surface area contributed by atoms with Crippen LogP contribution in [-0.4, -0.2) is 14.8 Å². The molecule has 3 nitrogen and oxygen atoms in total. The highest BCUT2D eigenvalue weighted by Crippen LogP contribution is 2.13. The highest BCUT2D eigenvalue weighted by Gasteiger charge is 2.10. The number of hydrogen-bond donors (Lipinski definition) is 1. The van der Waals surface area contributed by atoms with E-state index < -0.39 is 11.6 Å². The second-order valence-electron chi connectivity index (χ2n) is 4.87. The van der Waals surface area contributed by atoms with Crippen molar-refractivity contribution in [3.8, 4) is 0 Å². The van der Waals surface area contributed by atoms with Gasteiger partial charge in [-0.3, -0.25) is 5.10 Å². The maximum absolute atomic E-state index is 13.2. The summed E-state index contributed by atoms with van der Waals surface area (Å²) < 4.78 is 28.5. The van der Waals surface area contributed by atoms with Crippen molar-refractivity contribution in [1.82, 2.24) is 14.8 Å². The van der Waals surface area contributed by atoms with Crippen LogP contribution in [0, 0.1) is 22.3 Å². The van der Waals surface area contributed by atoms with Crippen molar-refractivity contribution in [2.75, 3.05) is 0 Å². The van der Waals surface area contributed by atoms with E-state index in [2.05, 4.69) is 24.0 Å². The molecule has 0 saturated heterocycles. The lowest BCUT2D eigenvalue weighted by Gasteiger charge is -2.09. The Morgan fingerprint density at radius 2 is 2.05 bits per heavy atom. The summed E-state index contributed by atoms with van der Waals surface area (Å²) in [4.78, 5) is 0. The predicted octanol–water partition coefficient (Wildman–Crippen LogP) is 3.47. The van der Waals surface area contributed by atoms with E-state index in [9.17, 15) is 8.78 Å². The van der Waals surface area contributed by atoms with Gasteiger partial charge in [0, 0.05) is 13.0 Å². The minimum absolute atomic E-state index is 0.414. The second-order valence-corrected chi connectivity index (χ2v) is 5.26.